The Balaban J connectivity index is 1.19. The molecule has 3 unspecified atom stereocenters. The van der Waals surface area contributed by atoms with Gasteiger partial charge in [0.15, 0.2) is 0 Å². The first-order chi connectivity index (χ1) is 24.8. The standard InChI is InChI=1S/C48H34N2/c1-4-16-32(17-5-1)40-31-45(50-46(47(40)50)33-18-6-2-7-19-33)49-43-27-15-12-24-38(43)39-29-28-35(30-44(39)49)48(34-20-8-3-9-21-34)41-25-13-10-22-36(41)37-23-11-14-26-42(37)48/h1-31,45-47H/t45?,46?,47?,50-/m1/s1. The number of nitrogens with zero attached hydrogens (tertiary/aromatic N) is 2. The van der Waals surface area contributed by atoms with Crippen LogP contribution in [-0.2, 0) is 5.41 Å². The van der Waals surface area contributed by atoms with Crippen molar-refractivity contribution >= 4 is 27.4 Å². The summed E-state index contributed by atoms with van der Waals surface area (Å²) in [6.07, 6.45) is 2.61. The van der Waals surface area contributed by atoms with Crippen LogP contribution >= 0.6 is 0 Å². The minimum atomic E-state index is -0.445. The van der Waals surface area contributed by atoms with Crippen molar-refractivity contribution < 1.29 is 0 Å². The molecule has 1 saturated heterocycles. The molecule has 2 aliphatic heterocycles. The van der Waals surface area contributed by atoms with Gasteiger partial charge in [0.25, 0.3) is 0 Å². The lowest BCUT2D eigenvalue weighted by atomic mass is 9.67. The molecule has 2 nitrogen and oxygen atoms in total. The molecule has 0 bridgehead atoms. The Kier molecular flexibility index (Phi) is 5.88. The number of para-hydroxylation sites is 1. The van der Waals surface area contributed by atoms with Crippen LogP contribution in [0.3, 0.4) is 0 Å². The first-order valence-electron chi connectivity index (χ1n) is 17.7. The maximum Gasteiger partial charge on any atom is 0.108 e. The molecule has 2 heteroatoms. The van der Waals surface area contributed by atoms with Gasteiger partial charge in [-0.15, -0.1) is 0 Å². The van der Waals surface area contributed by atoms with E-state index in [1.807, 2.05) is 0 Å². The van der Waals surface area contributed by atoms with E-state index in [1.165, 1.54) is 71.9 Å². The zero-order valence-electron chi connectivity index (χ0n) is 27.5. The second-order valence-electron chi connectivity index (χ2n) is 14.0. The van der Waals surface area contributed by atoms with Gasteiger partial charge >= 0.3 is 0 Å². The average molecular weight is 639 g/mol. The van der Waals surface area contributed by atoms with Crippen LogP contribution in [0, 0.1) is 0 Å². The predicted molar refractivity (Wildman–Crippen MR) is 205 cm³/mol. The van der Waals surface area contributed by atoms with E-state index in [0.29, 0.717) is 12.1 Å². The molecule has 0 spiro atoms. The highest BCUT2D eigenvalue weighted by Gasteiger charge is 2.58. The van der Waals surface area contributed by atoms with Gasteiger partial charge in [0, 0.05) is 10.8 Å². The van der Waals surface area contributed by atoms with E-state index in [4.69, 9.17) is 0 Å². The lowest BCUT2D eigenvalue weighted by molar-refractivity contribution is 0.363. The zero-order chi connectivity index (χ0) is 32.8. The van der Waals surface area contributed by atoms with Crippen molar-refractivity contribution in [2.75, 3.05) is 0 Å². The van der Waals surface area contributed by atoms with Gasteiger partial charge in [-0.25, -0.2) is 0 Å². The van der Waals surface area contributed by atoms with E-state index in [0.717, 1.165) is 0 Å². The van der Waals surface area contributed by atoms with E-state index >= 15 is 0 Å². The van der Waals surface area contributed by atoms with Gasteiger partial charge in [-0.2, -0.15) is 0 Å². The normalized spacial score (nSPS) is 21.1. The Hall–Kier alpha value is -5.96. The van der Waals surface area contributed by atoms with Crippen molar-refractivity contribution in [2.45, 2.75) is 23.7 Å². The van der Waals surface area contributed by atoms with Crippen molar-refractivity contribution in [3.8, 4) is 11.1 Å². The second-order valence-corrected chi connectivity index (χ2v) is 14.0. The van der Waals surface area contributed by atoms with Crippen LogP contribution in [0.15, 0.2) is 188 Å². The molecule has 3 heterocycles. The fraction of sp³-hybridized carbons (Fsp3) is 0.0833. The Morgan fingerprint density at radius 3 is 1.74 bits per heavy atom. The molecular weight excluding hydrogens is 605 g/mol. The van der Waals surface area contributed by atoms with Gasteiger partial charge in [0.1, 0.15) is 6.17 Å². The zero-order valence-corrected chi connectivity index (χ0v) is 27.5. The molecule has 1 aliphatic carbocycles. The molecule has 1 fully saturated rings. The number of hydrogen-bond acceptors (Lipinski definition) is 1. The van der Waals surface area contributed by atoms with E-state index in [2.05, 4.69) is 198 Å². The van der Waals surface area contributed by atoms with Crippen LogP contribution in [0.2, 0.25) is 0 Å². The molecule has 0 saturated carbocycles. The SMILES string of the molecule is C1=C(c2ccccc2)C2C(c3ccccc3)[N@@]2C1n1c2ccccc2c2ccc(C3(c4ccccc4)c4ccccc4-c4ccccc43)cc21. The fourth-order valence-corrected chi connectivity index (χ4v) is 9.59. The van der Waals surface area contributed by atoms with Crippen molar-refractivity contribution in [3.05, 3.63) is 221 Å². The summed E-state index contributed by atoms with van der Waals surface area (Å²) >= 11 is 0. The molecule has 50 heavy (non-hydrogen) atoms. The van der Waals surface area contributed by atoms with E-state index in [1.54, 1.807) is 0 Å². The summed E-state index contributed by atoms with van der Waals surface area (Å²) in [7, 11) is 0. The lowest BCUT2D eigenvalue weighted by Crippen LogP contribution is -2.28. The number of rotatable bonds is 5. The summed E-state index contributed by atoms with van der Waals surface area (Å²) < 4.78 is 2.63. The average Bonchev–Trinajstić information content (AvgIpc) is 3.50. The Labute approximate surface area is 292 Å². The molecule has 8 aromatic rings. The Morgan fingerprint density at radius 2 is 1.02 bits per heavy atom. The summed E-state index contributed by atoms with van der Waals surface area (Å²) in [4.78, 5) is 2.71. The lowest BCUT2D eigenvalue weighted by Gasteiger charge is -2.34. The maximum absolute atomic E-state index is 2.71. The summed E-state index contributed by atoms with van der Waals surface area (Å²) in [5.74, 6) is 0. The molecule has 3 aliphatic rings. The van der Waals surface area contributed by atoms with Crippen molar-refractivity contribution in [3.63, 3.8) is 0 Å². The van der Waals surface area contributed by atoms with Gasteiger partial charge in [-0.1, -0.05) is 170 Å². The van der Waals surface area contributed by atoms with Crippen molar-refractivity contribution in [1.29, 1.82) is 0 Å². The molecule has 7 aromatic carbocycles. The van der Waals surface area contributed by atoms with E-state index in [9.17, 15) is 0 Å². The molecular formula is C48H34N2. The van der Waals surface area contributed by atoms with Crippen LogP contribution in [0.4, 0.5) is 0 Å². The third kappa shape index (κ3) is 3.72. The van der Waals surface area contributed by atoms with Crippen LogP contribution < -0.4 is 0 Å². The summed E-state index contributed by atoms with van der Waals surface area (Å²) in [5.41, 5.74) is 14.1. The van der Waals surface area contributed by atoms with Crippen LogP contribution in [0.25, 0.3) is 38.5 Å². The Bertz CT molecular complexity index is 2570. The van der Waals surface area contributed by atoms with Crippen LogP contribution in [0.5, 0.6) is 0 Å². The van der Waals surface area contributed by atoms with Gasteiger partial charge in [-0.3, -0.25) is 4.90 Å². The summed E-state index contributed by atoms with van der Waals surface area (Å²) in [6, 6.07) is 68.2. The monoisotopic (exact) mass is 638 g/mol. The predicted octanol–water partition coefficient (Wildman–Crippen LogP) is 11.2. The minimum Gasteiger partial charge on any atom is -0.320 e. The largest absolute Gasteiger partial charge is 0.320 e. The molecule has 4 atom stereocenters. The first-order valence-corrected chi connectivity index (χ1v) is 17.7. The number of fused-ring (bicyclic) bond motifs is 7. The fourth-order valence-electron chi connectivity index (χ4n) is 9.59. The summed E-state index contributed by atoms with van der Waals surface area (Å²) in [5, 5.41) is 2.59. The first kappa shape index (κ1) is 27.9. The van der Waals surface area contributed by atoms with Crippen molar-refractivity contribution in [2.24, 2.45) is 0 Å². The third-order valence-corrected chi connectivity index (χ3v) is 11.6. The molecule has 0 amide bonds. The number of hydrogen-bond donors (Lipinski definition) is 0. The third-order valence-electron chi connectivity index (χ3n) is 11.6. The molecule has 0 radical (unpaired) electrons. The second kappa shape index (κ2) is 10.5. The van der Waals surface area contributed by atoms with Gasteiger partial charge in [-0.05, 0) is 68.3 Å². The van der Waals surface area contributed by atoms with Gasteiger partial charge < -0.3 is 4.57 Å². The van der Waals surface area contributed by atoms with E-state index in [-0.39, 0.29) is 6.17 Å². The molecule has 1 aromatic heterocycles. The molecule has 11 rings (SSSR count). The quantitative estimate of drug-likeness (QED) is 0.170. The minimum absolute atomic E-state index is 0.0777. The highest BCUT2D eigenvalue weighted by molar-refractivity contribution is 6.09. The van der Waals surface area contributed by atoms with Crippen LogP contribution in [0.1, 0.15) is 45.6 Å². The van der Waals surface area contributed by atoms with Crippen molar-refractivity contribution in [1.82, 2.24) is 9.47 Å². The topological polar surface area (TPSA) is 7.94 Å². The number of benzene rings is 7. The highest BCUT2D eigenvalue weighted by Crippen LogP contribution is 2.61. The van der Waals surface area contributed by atoms with Crippen LogP contribution in [-0.4, -0.2) is 15.5 Å². The Morgan fingerprint density at radius 1 is 0.440 bits per heavy atom. The summed E-state index contributed by atoms with van der Waals surface area (Å²) in [6.45, 7) is 0. The molecule has 236 valence electrons. The molecule has 0 N–H and O–H groups in total. The maximum atomic E-state index is 2.71. The van der Waals surface area contributed by atoms with Gasteiger partial charge in [0.05, 0.1) is 28.5 Å². The van der Waals surface area contributed by atoms with Gasteiger partial charge in [0.2, 0.25) is 0 Å². The van der Waals surface area contributed by atoms with E-state index < -0.39 is 5.41 Å². The smallest absolute Gasteiger partial charge is 0.108 e. The highest BCUT2D eigenvalue weighted by atomic mass is 15.5. The number of aromatic nitrogens is 1.